The van der Waals surface area contributed by atoms with E-state index in [4.69, 9.17) is 18.0 Å². The zero-order valence-corrected chi connectivity index (χ0v) is 11.4. The van der Waals surface area contributed by atoms with Gasteiger partial charge in [-0.15, -0.1) is 0 Å². The first-order valence-electron chi connectivity index (χ1n) is 5.67. The number of thiocarbonyl (C=S) groups is 1. The lowest BCUT2D eigenvalue weighted by molar-refractivity contribution is -0.125. The summed E-state index contributed by atoms with van der Waals surface area (Å²) in [7, 11) is 1.91. The lowest BCUT2D eigenvalue weighted by Crippen LogP contribution is -2.46. The fourth-order valence-electron chi connectivity index (χ4n) is 1.28. The molecular weight excluding hydrogens is 222 g/mol. The minimum atomic E-state index is -0.150. The van der Waals surface area contributed by atoms with E-state index in [1.54, 1.807) is 0 Å². The highest BCUT2D eigenvalue weighted by molar-refractivity contribution is 7.80. The maximum absolute atomic E-state index is 11.7. The molecule has 0 saturated heterocycles. The third-order valence-electron chi connectivity index (χ3n) is 2.64. The van der Waals surface area contributed by atoms with Gasteiger partial charge in [-0.25, -0.2) is 0 Å². The Hall–Kier alpha value is -0.680. The van der Waals surface area contributed by atoms with Crippen LogP contribution < -0.4 is 11.1 Å². The summed E-state index contributed by atoms with van der Waals surface area (Å²) in [6.07, 6.45) is 0.950. The van der Waals surface area contributed by atoms with E-state index in [9.17, 15) is 4.79 Å². The number of nitrogens with one attached hydrogen (secondary N) is 1. The molecule has 0 spiro atoms. The summed E-state index contributed by atoms with van der Waals surface area (Å²) in [4.78, 5) is 14.1. The van der Waals surface area contributed by atoms with Crippen LogP contribution in [0, 0.1) is 5.92 Å². The van der Waals surface area contributed by atoms with Crippen molar-refractivity contribution < 1.29 is 4.79 Å². The van der Waals surface area contributed by atoms with Gasteiger partial charge in [-0.3, -0.25) is 9.69 Å². The van der Waals surface area contributed by atoms with Gasteiger partial charge in [-0.05, 0) is 20.4 Å². The molecule has 1 amide bonds. The van der Waals surface area contributed by atoms with Crippen molar-refractivity contribution in [1.82, 2.24) is 10.2 Å². The zero-order valence-electron chi connectivity index (χ0n) is 10.6. The van der Waals surface area contributed by atoms with Crippen molar-refractivity contribution >= 4 is 23.1 Å². The van der Waals surface area contributed by atoms with Crippen molar-refractivity contribution in [2.75, 3.05) is 20.1 Å². The van der Waals surface area contributed by atoms with Crippen LogP contribution in [0.3, 0.4) is 0 Å². The normalized spacial score (nSPS) is 14.6. The van der Waals surface area contributed by atoms with Crippen LogP contribution in [-0.4, -0.2) is 42.0 Å². The first-order chi connectivity index (χ1) is 7.40. The second-order valence-electron chi connectivity index (χ2n) is 4.21. The van der Waals surface area contributed by atoms with E-state index in [1.807, 2.05) is 32.7 Å². The van der Waals surface area contributed by atoms with Gasteiger partial charge in [-0.1, -0.05) is 26.1 Å². The standard InChI is InChI=1S/C11H23N3OS/c1-5-6-13-11(15)9(3)14(4)7-8(2)10(12)16/h8-9H,5-7H2,1-4H3,(H2,12,16)(H,13,15). The summed E-state index contributed by atoms with van der Waals surface area (Å²) in [5, 5.41) is 2.87. The first kappa shape index (κ1) is 15.3. The molecule has 0 aliphatic heterocycles. The Labute approximate surface area is 104 Å². The fraction of sp³-hybridized carbons (Fsp3) is 0.818. The number of likely N-dealkylation sites (N-methyl/N-ethyl adjacent to an activating group) is 1. The molecule has 0 aromatic heterocycles. The molecule has 0 fully saturated rings. The highest BCUT2D eigenvalue weighted by atomic mass is 32.1. The van der Waals surface area contributed by atoms with E-state index in [0.29, 0.717) is 11.5 Å². The summed E-state index contributed by atoms with van der Waals surface area (Å²) >= 11 is 4.91. The highest BCUT2D eigenvalue weighted by Crippen LogP contribution is 2.03. The Morgan fingerprint density at radius 3 is 2.50 bits per heavy atom. The summed E-state index contributed by atoms with van der Waals surface area (Å²) in [6.45, 7) is 7.31. The Morgan fingerprint density at radius 2 is 2.06 bits per heavy atom. The van der Waals surface area contributed by atoms with Crippen LogP contribution in [0.15, 0.2) is 0 Å². The van der Waals surface area contributed by atoms with E-state index in [1.165, 1.54) is 0 Å². The maximum atomic E-state index is 11.7. The Bertz CT molecular complexity index is 245. The van der Waals surface area contributed by atoms with Crippen LogP contribution in [0.5, 0.6) is 0 Å². The van der Waals surface area contributed by atoms with Crippen LogP contribution in [0.4, 0.5) is 0 Å². The van der Waals surface area contributed by atoms with Crippen LogP contribution in [0.2, 0.25) is 0 Å². The second-order valence-corrected chi connectivity index (χ2v) is 4.68. The van der Waals surface area contributed by atoms with Crippen molar-refractivity contribution in [2.45, 2.75) is 33.2 Å². The van der Waals surface area contributed by atoms with Crippen LogP contribution >= 0.6 is 12.2 Å². The van der Waals surface area contributed by atoms with Crippen molar-refractivity contribution in [2.24, 2.45) is 11.7 Å². The minimum absolute atomic E-state index is 0.0551. The molecule has 0 rings (SSSR count). The molecule has 2 atom stereocenters. The third-order valence-corrected chi connectivity index (χ3v) is 3.04. The summed E-state index contributed by atoms with van der Waals surface area (Å²) in [5.41, 5.74) is 5.54. The van der Waals surface area contributed by atoms with Gasteiger partial charge in [0.15, 0.2) is 0 Å². The number of rotatable bonds is 7. The number of nitrogens with zero attached hydrogens (tertiary/aromatic N) is 1. The predicted octanol–water partition coefficient (Wildman–Crippen LogP) is 0.755. The van der Waals surface area contributed by atoms with Crippen LogP contribution in [0.25, 0.3) is 0 Å². The lowest BCUT2D eigenvalue weighted by Gasteiger charge is -2.26. The number of amides is 1. The summed E-state index contributed by atoms with van der Waals surface area (Å²) < 4.78 is 0. The van der Waals surface area contributed by atoms with Gasteiger partial charge in [0.25, 0.3) is 0 Å². The van der Waals surface area contributed by atoms with Gasteiger partial charge in [0.2, 0.25) is 5.91 Å². The Kier molecular flexibility index (Phi) is 7.25. The SMILES string of the molecule is CCCNC(=O)C(C)N(C)CC(C)C(N)=S. The molecule has 3 N–H and O–H groups in total. The number of carbonyl (C=O) groups excluding carboxylic acids is 1. The largest absolute Gasteiger partial charge is 0.393 e. The molecule has 2 unspecified atom stereocenters. The molecule has 0 aliphatic carbocycles. The van der Waals surface area contributed by atoms with Gasteiger partial charge >= 0.3 is 0 Å². The predicted molar refractivity (Wildman–Crippen MR) is 71.3 cm³/mol. The van der Waals surface area contributed by atoms with Gasteiger partial charge in [-0.2, -0.15) is 0 Å². The van der Waals surface area contributed by atoms with Crippen molar-refractivity contribution in [3.63, 3.8) is 0 Å². The molecule has 94 valence electrons. The maximum Gasteiger partial charge on any atom is 0.237 e. The lowest BCUT2D eigenvalue weighted by atomic mass is 10.1. The second kappa shape index (κ2) is 7.57. The number of hydrogen-bond acceptors (Lipinski definition) is 3. The number of hydrogen-bond donors (Lipinski definition) is 2. The molecule has 0 aromatic rings. The van der Waals surface area contributed by atoms with Gasteiger partial charge in [0.05, 0.1) is 11.0 Å². The van der Waals surface area contributed by atoms with E-state index in [0.717, 1.165) is 13.0 Å². The quantitative estimate of drug-likeness (QED) is 0.650. The highest BCUT2D eigenvalue weighted by Gasteiger charge is 2.19. The molecule has 4 nitrogen and oxygen atoms in total. The smallest absolute Gasteiger partial charge is 0.237 e. The molecule has 0 aliphatic rings. The Morgan fingerprint density at radius 1 is 1.50 bits per heavy atom. The zero-order chi connectivity index (χ0) is 12.7. The topological polar surface area (TPSA) is 58.4 Å². The van der Waals surface area contributed by atoms with Crippen molar-refractivity contribution in [3.8, 4) is 0 Å². The van der Waals surface area contributed by atoms with Gasteiger partial charge < -0.3 is 11.1 Å². The summed E-state index contributed by atoms with van der Waals surface area (Å²) in [6, 6.07) is -0.150. The molecule has 0 radical (unpaired) electrons. The molecule has 0 bridgehead atoms. The molecular formula is C11H23N3OS. The van der Waals surface area contributed by atoms with E-state index in [-0.39, 0.29) is 17.9 Å². The third kappa shape index (κ3) is 5.42. The van der Waals surface area contributed by atoms with Crippen molar-refractivity contribution in [3.05, 3.63) is 0 Å². The molecule has 0 heterocycles. The monoisotopic (exact) mass is 245 g/mol. The van der Waals surface area contributed by atoms with Gasteiger partial charge in [0.1, 0.15) is 0 Å². The van der Waals surface area contributed by atoms with Gasteiger partial charge in [0, 0.05) is 19.0 Å². The first-order valence-corrected chi connectivity index (χ1v) is 6.08. The van der Waals surface area contributed by atoms with E-state index < -0.39 is 0 Å². The minimum Gasteiger partial charge on any atom is -0.393 e. The van der Waals surface area contributed by atoms with E-state index >= 15 is 0 Å². The fourth-order valence-corrected chi connectivity index (χ4v) is 1.35. The molecule has 0 aromatic carbocycles. The number of nitrogens with two attached hydrogens (primary N) is 1. The molecule has 0 saturated carbocycles. The summed E-state index contributed by atoms with van der Waals surface area (Å²) in [5.74, 6) is 0.181. The molecule has 5 heteroatoms. The van der Waals surface area contributed by atoms with Crippen LogP contribution in [0.1, 0.15) is 27.2 Å². The molecule has 16 heavy (non-hydrogen) atoms. The average Bonchev–Trinajstić information content (AvgIpc) is 2.24. The Balaban J connectivity index is 4.11. The van der Waals surface area contributed by atoms with Crippen molar-refractivity contribution in [1.29, 1.82) is 0 Å². The number of carbonyl (C=O) groups is 1. The van der Waals surface area contributed by atoms with E-state index in [2.05, 4.69) is 5.32 Å². The average molecular weight is 245 g/mol. The van der Waals surface area contributed by atoms with Crippen LogP contribution in [-0.2, 0) is 4.79 Å².